The number of nitrogens with zero attached hydrogens (tertiary/aromatic N) is 4. The van der Waals surface area contributed by atoms with E-state index in [0.717, 1.165) is 42.3 Å². The highest BCUT2D eigenvalue weighted by Crippen LogP contribution is 2.38. The number of pyridine rings is 1. The van der Waals surface area contributed by atoms with Gasteiger partial charge in [0.2, 0.25) is 0 Å². The third-order valence-electron chi connectivity index (χ3n) is 5.88. The second-order valence-corrected chi connectivity index (χ2v) is 7.51. The molecule has 0 bridgehead atoms. The summed E-state index contributed by atoms with van der Waals surface area (Å²) >= 11 is 0. The maximum Gasteiger partial charge on any atom is 0.181 e. The van der Waals surface area contributed by atoms with Gasteiger partial charge in [-0.05, 0) is 42.7 Å². The molecule has 1 saturated carbocycles. The van der Waals surface area contributed by atoms with E-state index < -0.39 is 0 Å². The lowest BCUT2D eigenvalue weighted by molar-refractivity contribution is 0.0656. The Labute approximate surface area is 157 Å². The molecule has 6 nitrogen and oxygen atoms in total. The zero-order chi connectivity index (χ0) is 18.4. The minimum atomic E-state index is 0.391. The number of aromatic amines is 1. The van der Waals surface area contributed by atoms with E-state index >= 15 is 0 Å². The average molecular weight is 361 g/mol. The molecule has 5 rings (SSSR count). The van der Waals surface area contributed by atoms with Gasteiger partial charge in [0.1, 0.15) is 0 Å². The molecule has 0 radical (unpaired) electrons. The molecular formula is C21H23N5O. The summed E-state index contributed by atoms with van der Waals surface area (Å²) in [4.78, 5) is 4.58. The highest BCUT2D eigenvalue weighted by molar-refractivity contribution is 6.07. The molecule has 0 unspecified atom stereocenters. The lowest BCUT2D eigenvalue weighted by Crippen LogP contribution is -2.19. The van der Waals surface area contributed by atoms with E-state index in [-0.39, 0.29) is 0 Å². The number of hydrogen-bond acceptors (Lipinski definition) is 4. The van der Waals surface area contributed by atoms with Crippen LogP contribution in [0.2, 0.25) is 0 Å². The van der Waals surface area contributed by atoms with Gasteiger partial charge in [0.25, 0.3) is 0 Å². The van der Waals surface area contributed by atoms with Crippen LogP contribution in [-0.4, -0.2) is 38.2 Å². The molecule has 6 heteroatoms. The summed E-state index contributed by atoms with van der Waals surface area (Å²) in [7, 11) is 3.76. The van der Waals surface area contributed by atoms with Crippen molar-refractivity contribution in [2.45, 2.75) is 37.7 Å². The first-order chi connectivity index (χ1) is 13.2. The van der Waals surface area contributed by atoms with Crippen LogP contribution in [0.4, 0.5) is 0 Å². The molecule has 0 atom stereocenters. The van der Waals surface area contributed by atoms with E-state index in [1.54, 1.807) is 0 Å². The number of nitrogens with one attached hydrogen (secondary N) is 1. The molecule has 0 amide bonds. The Kier molecular flexibility index (Phi) is 3.93. The third kappa shape index (κ3) is 2.80. The molecular weight excluding hydrogens is 338 g/mol. The number of ether oxygens (including phenoxy) is 1. The Morgan fingerprint density at radius 3 is 2.70 bits per heavy atom. The summed E-state index contributed by atoms with van der Waals surface area (Å²) in [6.07, 6.45) is 10.7. The summed E-state index contributed by atoms with van der Waals surface area (Å²) in [6.45, 7) is 0. The molecule has 1 aliphatic rings. The van der Waals surface area contributed by atoms with Gasteiger partial charge in [0.15, 0.2) is 5.65 Å². The number of fused-ring (bicyclic) bond motifs is 3. The summed E-state index contributed by atoms with van der Waals surface area (Å²) in [5.41, 5.74) is 4.31. The second-order valence-electron chi connectivity index (χ2n) is 7.51. The van der Waals surface area contributed by atoms with Crippen molar-refractivity contribution in [3.05, 3.63) is 42.5 Å². The molecule has 1 aromatic carbocycles. The number of aromatic nitrogens is 5. The van der Waals surface area contributed by atoms with Gasteiger partial charge in [-0.2, -0.15) is 10.2 Å². The Bertz CT molecular complexity index is 1100. The molecule has 1 N–H and O–H groups in total. The minimum absolute atomic E-state index is 0.391. The zero-order valence-electron chi connectivity index (χ0n) is 15.6. The number of methoxy groups -OCH3 is 1. The predicted octanol–water partition coefficient (Wildman–Crippen LogP) is 4.18. The number of aryl methyl sites for hydroxylation is 1. The second kappa shape index (κ2) is 6.46. The Morgan fingerprint density at radius 2 is 1.96 bits per heavy atom. The molecule has 3 heterocycles. The smallest absolute Gasteiger partial charge is 0.181 e. The predicted molar refractivity (Wildman–Crippen MR) is 106 cm³/mol. The van der Waals surface area contributed by atoms with Gasteiger partial charge in [0.05, 0.1) is 17.7 Å². The molecule has 1 aliphatic carbocycles. The van der Waals surface area contributed by atoms with Crippen molar-refractivity contribution in [2.24, 2.45) is 7.05 Å². The lowest BCUT2D eigenvalue weighted by atomic mass is 9.84. The van der Waals surface area contributed by atoms with E-state index in [9.17, 15) is 0 Å². The van der Waals surface area contributed by atoms with E-state index in [2.05, 4.69) is 38.5 Å². The molecule has 138 valence electrons. The van der Waals surface area contributed by atoms with Gasteiger partial charge in [-0.25, -0.2) is 4.98 Å². The highest BCUT2D eigenvalue weighted by Gasteiger charge is 2.26. The summed E-state index contributed by atoms with van der Waals surface area (Å²) in [6, 6.07) is 6.52. The van der Waals surface area contributed by atoms with Crippen LogP contribution in [0.1, 0.15) is 37.3 Å². The van der Waals surface area contributed by atoms with Crippen LogP contribution in [0.3, 0.4) is 0 Å². The Hall–Kier alpha value is -2.73. The van der Waals surface area contributed by atoms with E-state index in [1.165, 1.54) is 22.0 Å². The summed E-state index contributed by atoms with van der Waals surface area (Å²) in [5, 5.41) is 15.6. The normalized spacial score (nSPS) is 20.5. The third-order valence-corrected chi connectivity index (χ3v) is 5.88. The van der Waals surface area contributed by atoms with Crippen LogP contribution in [0.15, 0.2) is 36.8 Å². The van der Waals surface area contributed by atoms with Crippen LogP contribution >= 0.6 is 0 Å². The highest BCUT2D eigenvalue weighted by atomic mass is 16.5. The van der Waals surface area contributed by atoms with Gasteiger partial charge in [-0.1, -0.05) is 12.1 Å². The number of hydrogen-bond donors (Lipinski definition) is 1. The van der Waals surface area contributed by atoms with Crippen LogP contribution in [0.25, 0.3) is 32.9 Å². The van der Waals surface area contributed by atoms with E-state index in [0.29, 0.717) is 12.0 Å². The molecule has 0 saturated heterocycles. The van der Waals surface area contributed by atoms with E-state index in [1.807, 2.05) is 37.4 Å². The van der Waals surface area contributed by atoms with Crippen LogP contribution in [-0.2, 0) is 11.8 Å². The minimum Gasteiger partial charge on any atom is -0.381 e. The average Bonchev–Trinajstić information content (AvgIpc) is 3.34. The van der Waals surface area contributed by atoms with Gasteiger partial charge >= 0.3 is 0 Å². The molecule has 0 aliphatic heterocycles. The zero-order valence-corrected chi connectivity index (χ0v) is 15.6. The van der Waals surface area contributed by atoms with Crippen molar-refractivity contribution in [1.29, 1.82) is 0 Å². The SMILES string of the molecule is COC1CCC(c2[nH]nc3ncc4ccc(-c5cnn(C)c5)cc4c23)CC1. The Morgan fingerprint density at radius 1 is 1.11 bits per heavy atom. The summed E-state index contributed by atoms with van der Waals surface area (Å²) < 4.78 is 7.37. The topological polar surface area (TPSA) is 68.6 Å². The standard InChI is InChI=1S/C21H23N5O/c1-26-12-16(11-23-26)14-3-4-15-10-22-21-19(18(15)9-14)20(24-25-21)13-5-7-17(27-2)8-6-13/h3-4,9-13,17H,5-8H2,1-2H3,(H,22,24,25). The van der Waals surface area contributed by atoms with Crippen LogP contribution < -0.4 is 0 Å². The van der Waals surface area contributed by atoms with Crippen LogP contribution in [0.5, 0.6) is 0 Å². The fraction of sp³-hybridized carbons (Fsp3) is 0.381. The fourth-order valence-electron chi connectivity index (χ4n) is 4.35. The van der Waals surface area contributed by atoms with Crippen molar-refractivity contribution >= 4 is 21.8 Å². The number of benzene rings is 1. The maximum absolute atomic E-state index is 5.54. The molecule has 0 spiro atoms. The molecule has 4 aromatic rings. The van der Waals surface area contributed by atoms with Crippen molar-refractivity contribution in [2.75, 3.05) is 7.11 Å². The van der Waals surface area contributed by atoms with Crippen LogP contribution in [0, 0.1) is 0 Å². The van der Waals surface area contributed by atoms with Gasteiger partial charge < -0.3 is 4.74 Å². The van der Waals surface area contributed by atoms with E-state index in [4.69, 9.17) is 4.74 Å². The Balaban J connectivity index is 1.63. The number of rotatable bonds is 3. The first-order valence-electron chi connectivity index (χ1n) is 9.51. The van der Waals surface area contributed by atoms with Crippen molar-refractivity contribution in [1.82, 2.24) is 25.0 Å². The lowest BCUT2D eigenvalue weighted by Gasteiger charge is -2.27. The fourth-order valence-corrected chi connectivity index (χ4v) is 4.35. The monoisotopic (exact) mass is 361 g/mol. The molecule has 1 fully saturated rings. The number of H-pyrrole nitrogens is 1. The van der Waals surface area contributed by atoms with Crippen molar-refractivity contribution in [3.63, 3.8) is 0 Å². The molecule has 3 aromatic heterocycles. The van der Waals surface area contributed by atoms with Gasteiger partial charge in [-0.15, -0.1) is 0 Å². The van der Waals surface area contributed by atoms with Crippen molar-refractivity contribution < 1.29 is 4.74 Å². The quantitative estimate of drug-likeness (QED) is 0.594. The first kappa shape index (κ1) is 16.4. The molecule has 27 heavy (non-hydrogen) atoms. The maximum atomic E-state index is 5.54. The van der Waals surface area contributed by atoms with Gasteiger partial charge in [-0.3, -0.25) is 9.78 Å². The van der Waals surface area contributed by atoms with Crippen molar-refractivity contribution in [3.8, 4) is 11.1 Å². The van der Waals surface area contributed by atoms with Gasteiger partial charge in [0, 0.05) is 49.1 Å². The largest absolute Gasteiger partial charge is 0.381 e. The summed E-state index contributed by atoms with van der Waals surface area (Å²) in [5.74, 6) is 0.482. The first-order valence-corrected chi connectivity index (χ1v) is 9.51.